The van der Waals surface area contributed by atoms with Crippen LogP contribution in [0.1, 0.15) is 46.0 Å². The fourth-order valence-electron chi connectivity index (χ4n) is 2.67. The number of nitrogens with zero attached hydrogens (tertiary/aromatic N) is 1. The molecule has 0 saturated carbocycles. The average molecular weight is 266 g/mol. The fourth-order valence-corrected chi connectivity index (χ4v) is 2.67. The molecule has 2 unspecified atom stereocenters. The molecule has 0 radical (unpaired) electrons. The largest absolute Gasteiger partial charge is 0.479 e. The molecule has 0 aromatic heterocycles. The molecule has 2 atom stereocenters. The second kappa shape index (κ2) is 6.46. The van der Waals surface area contributed by atoms with Crippen LogP contribution < -0.4 is 5.32 Å². The van der Waals surface area contributed by atoms with Gasteiger partial charge in [0.2, 0.25) is 0 Å². The van der Waals surface area contributed by atoms with E-state index in [0.717, 1.165) is 6.42 Å². The van der Waals surface area contributed by atoms with Crippen molar-refractivity contribution in [1.82, 2.24) is 10.2 Å². The fraction of sp³-hybridized carbons (Fsp3) is 0.714. The standard InChI is InChI=1S/C14H22N2O3/c1-4-8-14(12(17)18)9-7-10-16(14)13(19)15-11(5-2)6-3/h2,11H,4,6-10H2,1,3H3,(H,15,19)(H,17,18). The molecule has 106 valence electrons. The summed E-state index contributed by atoms with van der Waals surface area (Å²) in [4.78, 5) is 25.3. The van der Waals surface area contributed by atoms with E-state index in [-0.39, 0.29) is 12.1 Å². The zero-order valence-electron chi connectivity index (χ0n) is 11.6. The van der Waals surface area contributed by atoms with Gasteiger partial charge in [0.05, 0.1) is 6.04 Å². The highest BCUT2D eigenvalue weighted by Gasteiger charge is 2.49. The molecule has 1 aliphatic rings. The Bertz CT molecular complexity index is 389. The smallest absolute Gasteiger partial charge is 0.329 e. The maximum atomic E-state index is 12.2. The van der Waals surface area contributed by atoms with Gasteiger partial charge in [0.25, 0.3) is 0 Å². The quantitative estimate of drug-likeness (QED) is 0.746. The van der Waals surface area contributed by atoms with Gasteiger partial charge < -0.3 is 15.3 Å². The number of amides is 2. The summed E-state index contributed by atoms with van der Waals surface area (Å²) in [6, 6.07) is -0.709. The lowest BCUT2D eigenvalue weighted by Gasteiger charge is -2.35. The van der Waals surface area contributed by atoms with Crippen LogP contribution in [0, 0.1) is 12.3 Å². The van der Waals surface area contributed by atoms with Crippen molar-refractivity contribution in [2.24, 2.45) is 0 Å². The number of likely N-dealkylation sites (tertiary alicyclic amines) is 1. The van der Waals surface area contributed by atoms with E-state index >= 15 is 0 Å². The van der Waals surface area contributed by atoms with Crippen LogP contribution in [0.3, 0.4) is 0 Å². The predicted octanol–water partition coefficient (Wildman–Crippen LogP) is 1.83. The third-order valence-electron chi connectivity index (χ3n) is 3.70. The van der Waals surface area contributed by atoms with Gasteiger partial charge in [0.1, 0.15) is 5.54 Å². The van der Waals surface area contributed by atoms with Crippen LogP contribution in [-0.4, -0.2) is 40.1 Å². The van der Waals surface area contributed by atoms with Crippen molar-refractivity contribution in [3.8, 4) is 12.3 Å². The maximum Gasteiger partial charge on any atom is 0.329 e. The molecule has 0 aromatic carbocycles. The summed E-state index contributed by atoms with van der Waals surface area (Å²) in [5.41, 5.74) is -1.06. The Kier molecular flexibility index (Phi) is 5.22. The molecule has 1 saturated heterocycles. The number of hydrogen-bond acceptors (Lipinski definition) is 2. The summed E-state index contributed by atoms with van der Waals surface area (Å²) < 4.78 is 0. The van der Waals surface area contributed by atoms with Crippen molar-refractivity contribution in [3.05, 3.63) is 0 Å². The highest BCUT2D eigenvalue weighted by atomic mass is 16.4. The third-order valence-corrected chi connectivity index (χ3v) is 3.70. The van der Waals surface area contributed by atoms with Crippen LogP contribution in [0.15, 0.2) is 0 Å². The van der Waals surface area contributed by atoms with E-state index in [1.807, 2.05) is 13.8 Å². The molecule has 1 rings (SSSR count). The van der Waals surface area contributed by atoms with E-state index in [2.05, 4.69) is 11.2 Å². The van der Waals surface area contributed by atoms with Crippen molar-refractivity contribution in [2.45, 2.75) is 57.5 Å². The van der Waals surface area contributed by atoms with Crippen molar-refractivity contribution < 1.29 is 14.7 Å². The first-order chi connectivity index (χ1) is 9.01. The van der Waals surface area contributed by atoms with Crippen LogP contribution in [0.4, 0.5) is 4.79 Å². The van der Waals surface area contributed by atoms with E-state index in [1.165, 1.54) is 4.90 Å². The van der Waals surface area contributed by atoms with Gasteiger partial charge in [0, 0.05) is 6.54 Å². The van der Waals surface area contributed by atoms with Gasteiger partial charge in [-0.3, -0.25) is 0 Å². The monoisotopic (exact) mass is 266 g/mol. The topological polar surface area (TPSA) is 69.6 Å². The molecule has 2 N–H and O–H groups in total. The molecule has 0 bridgehead atoms. The number of terminal acetylenes is 1. The van der Waals surface area contributed by atoms with E-state index < -0.39 is 11.5 Å². The first-order valence-electron chi connectivity index (χ1n) is 6.79. The number of carboxylic acids is 1. The zero-order valence-corrected chi connectivity index (χ0v) is 11.6. The lowest BCUT2D eigenvalue weighted by Crippen LogP contribution is -2.57. The number of urea groups is 1. The molecule has 1 heterocycles. The summed E-state index contributed by atoms with van der Waals surface area (Å²) in [5, 5.41) is 12.2. The maximum absolute atomic E-state index is 12.2. The van der Waals surface area contributed by atoms with Gasteiger partial charge in [-0.25, -0.2) is 9.59 Å². The number of carbonyl (C=O) groups is 2. The molecule has 5 nitrogen and oxygen atoms in total. The number of aliphatic carboxylic acids is 1. The van der Waals surface area contributed by atoms with Gasteiger partial charge in [-0.05, 0) is 25.7 Å². The minimum atomic E-state index is -1.06. The second-order valence-electron chi connectivity index (χ2n) is 4.92. The summed E-state index contributed by atoms with van der Waals surface area (Å²) in [5.74, 6) is 1.57. The number of hydrogen-bond donors (Lipinski definition) is 2. The van der Waals surface area contributed by atoms with E-state index in [1.54, 1.807) is 0 Å². The molecular weight excluding hydrogens is 244 g/mol. The van der Waals surface area contributed by atoms with Gasteiger partial charge in [-0.15, -0.1) is 6.42 Å². The Morgan fingerprint density at radius 1 is 1.53 bits per heavy atom. The molecule has 0 aliphatic carbocycles. The Hall–Kier alpha value is -1.70. The Morgan fingerprint density at radius 2 is 2.21 bits per heavy atom. The van der Waals surface area contributed by atoms with Crippen molar-refractivity contribution >= 4 is 12.0 Å². The van der Waals surface area contributed by atoms with E-state index in [9.17, 15) is 14.7 Å². The highest BCUT2D eigenvalue weighted by Crippen LogP contribution is 2.34. The number of rotatable bonds is 5. The molecule has 5 heteroatoms. The van der Waals surface area contributed by atoms with Gasteiger partial charge in [-0.1, -0.05) is 26.2 Å². The minimum absolute atomic E-state index is 0.346. The molecule has 2 amide bonds. The molecule has 1 fully saturated rings. The van der Waals surface area contributed by atoms with Gasteiger partial charge in [-0.2, -0.15) is 0 Å². The first kappa shape index (κ1) is 15.4. The molecule has 0 spiro atoms. The number of carbonyl (C=O) groups excluding carboxylic acids is 1. The Balaban J connectivity index is 2.88. The summed E-state index contributed by atoms with van der Waals surface area (Å²) >= 11 is 0. The van der Waals surface area contributed by atoms with Crippen LogP contribution in [0.25, 0.3) is 0 Å². The Labute approximate surface area is 114 Å². The van der Waals surface area contributed by atoms with Crippen LogP contribution in [0.5, 0.6) is 0 Å². The van der Waals surface area contributed by atoms with E-state index in [4.69, 9.17) is 6.42 Å². The molecule has 19 heavy (non-hydrogen) atoms. The van der Waals surface area contributed by atoms with Crippen molar-refractivity contribution in [2.75, 3.05) is 6.54 Å². The summed E-state index contributed by atoms with van der Waals surface area (Å²) in [6.45, 7) is 4.28. The average Bonchev–Trinajstić information content (AvgIpc) is 2.81. The number of carboxylic acid groups (broad SMARTS) is 1. The lowest BCUT2D eigenvalue weighted by molar-refractivity contribution is -0.148. The second-order valence-corrected chi connectivity index (χ2v) is 4.92. The summed E-state index contributed by atoms with van der Waals surface area (Å²) in [7, 11) is 0. The summed E-state index contributed by atoms with van der Waals surface area (Å²) in [6.07, 6.45) is 8.37. The lowest BCUT2D eigenvalue weighted by atomic mass is 9.91. The normalized spacial score (nSPS) is 23.7. The predicted molar refractivity (Wildman–Crippen MR) is 72.7 cm³/mol. The Morgan fingerprint density at radius 3 is 2.68 bits per heavy atom. The van der Waals surface area contributed by atoms with Crippen LogP contribution in [-0.2, 0) is 4.79 Å². The zero-order chi connectivity index (χ0) is 14.5. The van der Waals surface area contributed by atoms with Gasteiger partial charge in [0.15, 0.2) is 0 Å². The highest BCUT2D eigenvalue weighted by molar-refractivity contribution is 5.87. The van der Waals surface area contributed by atoms with Crippen LogP contribution >= 0.6 is 0 Å². The first-order valence-corrected chi connectivity index (χ1v) is 6.79. The van der Waals surface area contributed by atoms with Crippen molar-refractivity contribution in [1.29, 1.82) is 0 Å². The van der Waals surface area contributed by atoms with E-state index in [0.29, 0.717) is 32.2 Å². The third kappa shape index (κ3) is 3.01. The molecule has 1 aliphatic heterocycles. The minimum Gasteiger partial charge on any atom is -0.479 e. The van der Waals surface area contributed by atoms with Crippen molar-refractivity contribution in [3.63, 3.8) is 0 Å². The van der Waals surface area contributed by atoms with Crippen LogP contribution in [0.2, 0.25) is 0 Å². The number of nitrogens with one attached hydrogen (secondary N) is 1. The molecular formula is C14H22N2O3. The SMILES string of the molecule is C#CC(CC)NC(=O)N1CCCC1(CCC)C(=O)O. The molecule has 0 aromatic rings. The van der Waals surface area contributed by atoms with Gasteiger partial charge >= 0.3 is 12.0 Å².